The van der Waals surface area contributed by atoms with Gasteiger partial charge in [-0.3, -0.25) is 0 Å². The van der Waals surface area contributed by atoms with Gasteiger partial charge in [0, 0.05) is 27.1 Å². The molecule has 0 spiro atoms. The number of anilines is 2. The molecule has 2 N–H and O–H groups in total. The highest BCUT2D eigenvalue weighted by Crippen LogP contribution is 2.21. The van der Waals surface area contributed by atoms with Gasteiger partial charge in [-0.15, -0.1) is 0 Å². The minimum Gasteiger partial charge on any atom is -0.492 e. The Kier molecular flexibility index (Phi) is 9.13. The van der Waals surface area contributed by atoms with E-state index in [1.165, 1.54) is 24.3 Å². The Labute approximate surface area is 202 Å². The number of ether oxygens (including phenoxy) is 3. The monoisotopic (exact) mass is 485 g/mol. The first kappa shape index (κ1) is 25.6. The van der Waals surface area contributed by atoms with E-state index in [0.29, 0.717) is 43.2 Å². The predicted molar refractivity (Wildman–Crippen MR) is 128 cm³/mol. The van der Waals surface area contributed by atoms with Gasteiger partial charge in [0.25, 0.3) is 0 Å². The van der Waals surface area contributed by atoms with Crippen LogP contribution in [-0.2, 0) is 16.0 Å². The summed E-state index contributed by atoms with van der Waals surface area (Å²) in [6, 6.07) is 12.8. The number of halogens is 1. The van der Waals surface area contributed by atoms with Gasteiger partial charge in [0.1, 0.15) is 23.9 Å². The van der Waals surface area contributed by atoms with Crippen molar-refractivity contribution in [2.75, 3.05) is 44.1 Å². The first-order valence-corrected chi connectivity index (χ1v) is 11.0. The first-order valence-electron chi connectivity index (χ1n) is 11.0. The van der Waals surface area contributed by atoms with E-state index >= 15 is 0 Å². The summed E-state index contributed by atoms with van der Waals surface area (Å²) < 4.78 is 29.8. The van der Waals surface area contributed by atoms with Crippen molar-refractivity contribution >= 4 is 17.9 Å². The van der Waals surface area contributed by atoms with Crippen LogP contribution in [0.15, 0.2) is 48.5 Å². The van der Waals surface area contributed by atoms with Crippen molar-refractivity contribution in [2.24, 2.45) is 0 Å². The van der Waals surface area contributed by atoms with Gasteiger partial charge in [-0.05, 0) is 48.9 Å². The van der Waals surface area contributed by atoms with Crippen molar-refractivity contribution in [1.29, 1.82) is 0 Å². The summed E-state index contributed by atoms with van der Waals surface area (Å²) in [5, 5.41) is 12.3. The van der Waals surface area contributed by atoms with E-state index in [1.54, 1.807) is 38.1 Å². The summed E-state index contributed by atoms with van der Waals surface area (Å²) in [6.07, 6.45) is -0.596. The van der Waals surface area contributed by atoms with Gasteiger partial charge in [0.05, 0.1) is 6.54 Å². The van der Waals surface area contributed by atoms with E-state index in [1.807, 2.05) is 12.1 Å². The van der Waals surface area contributed by atoms with Crippen LogP contribution < -0.4 is 19.7 Å². The zero-order valence-electron chi connectivity index (χ0n) is 19.8. The lowest BCUT2D eigenvalue weighted by atomic mass is 10.1. The van der Waals surface area contributed by atoms with E-state index in [2.05, 4.69) is 20.3 Å². The predicted octanol–water partition coefficient (Wildman–Crippen LogP) is 3.39. The molecule has 35 heavy (non-hydrogen) atoms. The largest absolute Gasteiger partial charge is 0.492 e. The Morgan fingerprint density at radius 1 is 1.06 bits per heavy atom. The summed E-state index contributed by atoms with van der Waals surface area (Å²) >= 11 is 0. The average molecular weight is 486 g/mol. The number of nitrogens with one attached hydrogen (secondary N) is 1. The SMILES string of the molecule is CCO[C@@H](Cc1ccc(OCCNc2nc(Oc3ccc(F)cc3)nc(N(C)C)n2)cc1)C(=O)O. The third kappa shape index (κ3) is 8.07. The van der Waals surface area contributed by atoms with E-state index in [4.69, 9.17) is 14.2 Å². The van der Waals surface area contributed by atoms with E-state index in [-0.39, 0.29) is 18.2 Å². The molecule has 0 fully saturated rings. The molecule has 0 saturated heterocycles. The first-order chi connectivity index (χ1) is 16.8. The van der Waals surface area contributed by atoms with Crippen LogP contribution in [-0.4, -0.2) is 66.0 Å². The zero-order chi connectivity index (χ0) is 25.2. The number of benzene rings is 2. The highest BCUT2D eigenvalue weighted by Gasteiger charge is 2.17. The molecular weight excluding hydrogens is 457 g/mol. The van der Waals surface area contributed by atoms with Crippen molar-refractivity contribution in [2.45, 2.75) is 19.4 Å². The minimum absolute atomic E-state index is 0.0704. The lowest BCUT2D eigenvalue weighted by molar-refractivity contribution is -0.149. The second kappa shape index (κ2) is 12.5. The standard InChI is InChI=1S/C24H28FN5O5/c1-4-33-20(21(31)32)15-16-5-9-18(10-6-16)34-14-13-26-22-27-23(30(2)3)29-24(28-22)35-19-11-7-17(25)8-12-19/h5-12,20H,4,13-15H2,1-3H3,(H,31,32)(H,26,27,28,29)/t20-/m0/s1. The number of carboxylic acids is 1. The number of aliphatic carboxylic acids is 1. The molecule has 0 aliphatic heterocycles. The van der Waals surface area contributed by atoms with E-state index in [9.17, 15) is 14.3 Å². The van der Waals surface area contributed by atoms with Crippen LogP contribution in [0.2, 0.25) is 0 Å². The van der Waals surface area contributed by atoms with Gasteiger partial charge in [0.15, 0.2) is 6.10 Å². The lowest BCUT2D eigenvalue weighted by Crippen LogP contribution is -2.26. The van der Waals surface area contributed by atoms with Crippen molar-refractivity contribution in [3.05, 3.63) is 59.9 Å². The Bertz CT molecular complexity index is 1100. The summed E-state index contributed by atoms with van der Waals surface area (Å²) in [6.45, 7) is 2.83. The maximum Gasteiger partial charge on any atom is 0.333 e. The summed E-state index contributed by atoms with van der Waals surface area (Å²) in [5.74, 6) is 0.382. The van der Waals surface area contributed by atoms with Gasteiger partial charge in [-0.2, -0.15) is 15.0 Å². The topological polar surface area (TPSA) is 119 Å². The highest BCUT2D eigenvalue weighted by atomic mass is 19.1. The molecule has 0 saturated carbocycles. The number of carbonyl (C=O) groups is 1. The Balaban J connectivity index is 1.54. The minimum atomic E-state index is -0.986. The number of carboxylic acid groups (broad SMARTS) is 1. The summed E-state index contributed by atoms with van der Waals surface area (Å²) in [7, 11) is 3.58. The van der Waals surface area contributed by atoms with Crippen molar-refractivity contribution in [3.8, 4) is 17.5 Å². The molecule has 2 aromatic carbocycles. The van der Waals surface area contributed by atoms with Crippen molar-refractivity contribution < 1.29 is 28.5 Å². The molecule has 0 aliphatic carbocycles. The van der Waals surface area contributed by atoms with Crippen LogP contribution in [0.25, 0.3) is 0 Å². The molecule has 0 radical (unpaired) electrons. The fourth-order valence-electron chi connectivity index (χ4n) is 2.96. The maximum absolute atomic E-state index is 13.1. The normalized spacial score (nSPS) is 11.5. The number of hydrogen-bond acceptors (Lipinski definition) is 9. The molecular formula is C24H28FN5O5. The number of hydrogen-bond donors (Lipinski definition) is 2. The van der Waals surface area contributed by atoms with E-state index < -0.39 is 12.1 Å². The molecule has 10 nitrogen and oxygen atoms in total. The lowest BCUT2D eigenvalue weighted by Gasteiger charge is -2.14. The highest BCUT2D eigenvalue weighted by molar-refractivity contribution is 5.72. The smallest absolute Gasteiger partial charge is 0.333 e. The van der Waals surface area contributed by atoms with Gasteiger partial charge in [-0.1, -0.05) is 12.1 Å². The second-order valence-electron chi connectivity index (χ2n) is 7.60. The number of nitrogens with zero attached hydrogens (tertiary/aromatic N) is 4. The quantitative estimate of drug-likeness (QED) is 0.349. The Morgan fingerprint density at radius 3 is 2.37 bits per heavy atom. The molecule has 0 aliphatic rings. The van der Waals surface area contributed by atoms with Crippen LogP contribution in [0.1, 0.15) is 12.5 Å². The van der Waals surface area contributed by atoms with Crippen molar-refractivity contribution in [1.82, 2.24) is 15.0 Å². The van der Waals surface area contributed by atoms with Gasteiger partial charge in [0.2, 0.25) is 11.9 Å². The third-order valence-electron chi connectivity index (χ3n) is 4.67. The van der Waals surface area contributed by atoms with Crippen LogP contribution in [0.3, 0.4) is 0 Å². The fourth-order valence-corrected chi connectivity index (χ4v) is 2.96. The molecule has 3 rings (SSSR count). The number of aromatic nitrogens is 3. The maximum atomic E-state index is 13.1. The molecule has 0 bridgehead atoms. The van der Waals surface area contributed by atoms with E-state index in [0.717, 1.165) is 5.56 Å². The average Bonchev–Trinajstić information content (AvgIpc) is 2.84. The molecule has 0 amide bonds. The van der Waals surface area contributed by atoms with Crippen LogP contribution >= 0.6 is 0 Å². The Morgan fingerprint density at radius 2 is 1.74 bits per heavy atom. The molecule has 1 aromatic heterocycles. The van der Waals surface area contributed by atoms with Gasteiger partial charge >= 0.3 is 12.0 Å². The molecule has 0 unspecified atom stereocenters. The summed E-state index contributed by atoms with van der Waals surface area (Å²) in [5.41, 5.74) is 0.839. The zero-order valence-corrected chi connectivity index (χ0v) is 19.8. The van der Waals surface area contributed by atoms with Gasteiger partial charge in [-0.25, -0.2) is 9.18 Å². The van der Waals surface area contributed by atoms with Gasteiger partial charge < -0.3 is 29.5 Å². The Hall–Kier alpha value is -3.99. The second-order valence-corrected chi connectivity index (χ2v) is 7.60. The van der Waals surface area contributed by atoms with Crippen LogP contribution in [0, 0.1) is 5.82 Å². The third-order valence-corrected chi connectivity index (χ3v) is 4.67. The van der Waals surface area contributed by atoms with Crippen LogP contribution in [0.5, 0.6) is 17.5 Å². The molecule has 186 valence electrons. The molecule has 11 heteroatoms. The van der Waals surface area contributed by atoms with Crippen LogP contribution in [0.4, 0.5) is 16.3 Å². The molecule has 3 aromatic rings. The molecule has 1 heterocycles. The summed E-state index contributed by atoms with van der Waals surface area (Å²) in [4.78, 5) is 25.8. The fraction of sp³-hybridized carbons (Fsp3) is 0.333. The number of rotatable bonds is 13. The molecule has 1 atom stereocenters. The van der Waals surface area contributed by atoms with Crippen molar-refractivity contribution in [3.63, 3.8) is 0 Å².